The molecule has 2 aromatic rings. The van der Waals surface area contributed by atoms with Crippen molar-refractivity contribution in [1.82, 2.24) is 15.2 Å². The van der Waals surface area contributed by atoms with Crippen LogP contribution in [0.5, 0.6) is 5.75 Å². The third-order valence-corrected chi connectivity index (χ3v) is 4.70. The predicted molar refractivity (Wildman–Crippen MR) is 109 cm³/mol. The Balaban J connectivity index is 1.39. The Morgan fingerprint density at radius 2 is 2.07 bits per heavy atom. The van der Waals surface area contributed by atoms with Gasteiger partial charge in [0.2, 0.25) is 0 Å². The molecule has 150 valence electrons. The molecule has 7 heteroatoms. The van der Waals surface area contributed by atoms with Gasteiger partial charge in [-0.25, -0.2) is 4.98 Å². The number of pyridine rings is 1. The molecule has 1 aromatic carbocycles. The number of benzene rings is 1. The van der Waals surface area contributed by atoms with Gasteiger partial charge in [-0.1, -0.05) is 12.1 Å². The summed E-state index contributed by atoms with van der Waals surface area (Å²) >= 11 is 0. The monoisotopic (exact) mass is 384 g/mol. The second kappa shape index (κ2) is 10.6. The average molecular weight is 384 g/mol. The van der Waals surface area contributed by atoms with Gasteiger partial charge in [0.15, 0.2) is 0 Å². The van der Waals surface area contributed by atoms with Gasteiger partial charge in [0.1, 0.15) is 11.6 Å². The lowest BCUT2D eigenvalue weighted by atomic mass is 10.1. The number of hydrogen-bond acceptors (Lipinski definition) is 6. The van der Waals surface area contributed by atoms with Crippen LogP contribution in [0.4, 0.5) is 5.82 Å². The first-order valence-corrected chi connectivity index (χ1v) is 9.66. The summed E-state index contributed by atoms with van der Waals surface area (Å²) in [5.41, 5.74) is 1.77. The van der Waals surface area contributed by atoms with E-state index in [1.807, 2.05) is 24.3 Å². The molecule has 28 heavy (non-hydrogen) atoms. The van der Waals surface area contributed by atoms with Crippen LogP contribution in [0.1, 0.15) is 15.9 Å². The van der Waals surface area contributed by atoms with Gasteiger partial charge >= 0.3 is 0 Å². The van der Waals surface area contributed by atoms with Crippen LogP contribution in [0.3, 0.4) is 0 Å². The van der Waals surface area contributed by atoms with E-state index in [1.54, 1.807) is 19.4 Å². The van der Waals surface area contributed by atoms with Crippen molar-refractivity contribution >= 4 is 11.7 Å². The number of methoxy groups -OCH3 is 1. The molecule has 0 atom stereocenters. The van der Waals surface area contributed by atoms with E-state index in [4.69, 9.17) is 9.47 Å². The largest absolute Gasteiger partial charge is 0.497 e. The number of carbonyl (C=O) groups is 1. The van der Waals surface area contributed by atoms with Crippen molar-refractivity contribution < 1.29 is 14.3 Å². The Morgan fingerprint density at radius 1 is 1.21 bits per heavy atom. The summed E-state index contributed by atoms with van der Waals surface area (Å²) in [6.45, 7) is 5.60. The number of ether oxygens (including phenoxy) is 2. The molecule has 0 saturated carbocycles. The topological polar surface area (TPSA) is 75.7 Å². The maximum atomic E-state index is 12.2. The van der Waals surface area contributed by atoms with Crippen molar-refractivity contribution in [2.24, 2.45) is 0 Å². The highest BCUT2D eigenvalue weighted by Gasteiger charge is 2.11. The van der Waals surface area contributed by atoms with E-state index in [-0.39, 0.29) is 5.91 Å². The Hall–Kier alpha value is -2.64. The van der Waals surface area contributed by atoms with E-state index >= 15 is 0 Å². The van der Waals surface area contributed by atoms with Crippen LogP contribution in [-0.4, -0.2) is 68.8 Å². The van der Waals surface area contributed by atoms with Gasteiger partial charge < -0.3 is 20.1 Å². The van der Waals surface area contributed by atoms with Gasteiger partial charge in [-0.3, -0.25) is 9.69 Å². The quantitative estimate of drug-likeness (QED) is 0.687. The molecule has 0 unspecified atom stereocenters. The second-order valence-electron chi connectivity index (χ2n) is 6.67. The maximum Gasteiger partial charge on any atom is 0.252 e. The zero-order chi connectivity index (χ0) is 19.6. The number of nitrogens with one attached hydrogen (secondary N) is 2. The molecule has 0 radical (unpaired) electrons. The molecule has 0 bridgehead atoms. The molecular weight excluding hydrogens is 356 g/mol. The minimum Gasteiger partial charge on any atom is -0.497 e. The lowest BCUT2D eigenvalue weighted by Crippen LogP contribution is -2.41. The highest BCUT2D eigenvalue weighted by atomic mass is 16.5. The first kappa shape index (κ1) is 20.1. The lowest BCUT2D eigenvalue weighted by Gasteiger charge is -2.26. The van der Waals surface area contributed by atoms with Crippen LogP contribution in [0.15, 0.2) is 42.6 Å². The molecule has 2 N–H and O–H groups in total. The Bertz CT molecular complexity index is 746. The van der Waals surface area contributed by atoms with E-state index < -0.39 is 0 Å². The minimum absolute atomic E-state index is 0.0938. The van der Waals surface area contributed by atoms with E-state index in [9.17, 15) is 4.79 Å². The van der Waals surface area contributed by atoms with Gasteiger partial charge in [0.05, 0.1) is 25.9 Å². The molecule has 7 nitrogen and oxygen atoms in total. The van der Waals surface area contributed by atoms with Crippen molar-refractivity contribution in [3.63, 3.8) is 0 Å². The zero-order valence-electron chi connectivity index (χ0n) is 16.3. The molecule has 1 aromatic heterocycles. The van der Waals surface area contributed by atoms with Crippen LogP contribution >= 0.6 is 0 Å². The fourth-order valence-corrected chi connectivity index (χ4v) is 3.05. The molecule has 3 rings (SSSR count). The molecule has 1 aliphatic rings. The van der Waals surface area contributed by atoms with Crippen LogP contribution < -0.4 is 15.4 Å². The molecule has 0 spiro atoms. The molecule has 1 fully saturated rings. The number of rotatable bonds is 9. The minimum atomic E-state index is -0.0938. The van der Waals surface area contributed by atoms with E-state index in [0.29, 0.717) is 12.1 Å². The molecule has 1 amide bonds. The number of carbonyl (C=O) groups excluding carboxylic acids is 1. The van der Waals surface area contributed by atoms with Crippen LogP contribution in [0.25, 0.3) is 0 Å². The van der Waals surface area contributed by atoms with Crippen molar-refractivity contribution in [3.8, 4) is 5.75 Å². The molecule has 1 saturated heterocycles. The summed E-state index contributed by atoms with van der Waals surface area (Å²) < 4.78 is 10.6. The van der Waals surface area contributed by atoms with Gasteiger partial charge in [-0.15, -0.1) is 0 Å². The number of aromatic nitrogens is 1. The Labute approximate surface area is 166 Å². The van der Waals surface area contributed by atoms with Crippen molar-refractivity contribution in [2.45, 2.75) is 6.42 Å². The normalized spacial score (nSPS) is 14.5. The number of anilines is 1. The summed E-state index contributed by atoms with van der Waals surface area (Å²) in [5.74, 6) is 1.52. The van der Waals surface area contributed by atoms with Crippen molar-refractivity contribution in [3.05, 3.63) is 53.7 Å². The van der Waals surface area contributed by atoms with E-state index in [0.717, 1.165) is 57.4 Å². The standard InChI is InChI=1S/C21H28N4O3/c1-27-19-4-2-3-17(15-19)7-8-22-20-6-5-18(16-24-20)21(26)23-9-10-25-11-13-28-14-12-25/h2-6,15-16H,7-14H2,1H3,(H,22,24)(H,23,26). The van der Waals surface area contributed by atoms with E-state index in [1.165, 1.54) is 5.56 Å². The van der Waals surface area contributed by atoms with Gasteiger partial charge in [-0.05, 0) is 36.2 Å². The van der Waals surface area contributed by atoms with Gasteiger partial charge in [0.25, 0.3) is 5.91 Å². The average Bonchev–Trinajstić information content (AvgIpc) is 2.75. The second-order valence-corrected chi connectivity index (χ2v) is 6.67. The van der Waals surface area contributed by atoms with Gasteiger partial charge in [0, 0.05) is 38.9 Å². The molecule has 2 heterocycles. The third-order valence-electron chi connectivity index (χ3n) is 4.70. The summed E-state index contributed by atoms with van der Waals surface area (Å²) in [6, 6.07) is 11.6. The highest BCUT2D eigenvalue weighted by molar-refractivity contribution is 5.94. The SMILES string of the molecule is COc1cccc(CCNc2ccc(C(=O)NCCN3CCOCC3)cn2)c1. The maximum absolute atomic E-state index is 12.2. The predicted octanol–water partition coefficient (Wildman–Crippen LogP) is 1.81. The molecular formula is C21H28N4O3. The van der Waals surface area contributed by atoms with Crippen LogP contribution in [-0.2, 0) is 11.2 Å². The molecule has 0 aliphatic carbocycles. The number of amides is 1. The lowest BCUT2D eigenvalue weighted by molar-refractivity contribution is 0.0383. The third kappa shape index (κ3) is 6.21. The first-order valence-electron chi connectivity index (χ1n) is 9.66. The highest BCUT2D eigenvalue weighted by Crippen LogP contribution is 2.13. The number of morpholine rings is 1. The Morgan fingerprint density at radius 3 is 2.82 bits per heavy atom. The smallest absolute Gasteiger partial charge is 0.252 e. The number of nitrogens with zero attached hydrogens (tertiary/aromatic N) is 2. The summed E-state index contributed by atoms with van der Waals surface area (Å²) in [7, 11) is 1.67. The molecule has 1 aliphatic heterocycles. The first-order chi connectivity index (χ1) is 13.7. The van der Waals surface area contributed by atoms with Crippen molar-refractivity contribution in [2.75, 3.05) is 58.4 Å². The fourth-order valence-electron chi connectivity index (χ4n) is 3.05. The van der Waals surface area contributed by atoms with E-state index in [2.05, 4.69) is 26.6 Å². The van der Waals surface area contributed by atoms with Gasteiger partial charge in [-0.2, -0.15) is 0 Å². The van der Waals surface area contributed by atoms with Crippen LogP contribution in [0, 0.1) is 0 Å². The van der Waals surface area contributed by atoms with Crippen LogP contribution in [0.2, 0.25) is 0 Å². The van der Waals surface area contributed by atoms with Crippen molar-refractivity contribution in [1.29, 1.82) is 0 Å². The summed E-state index contributed by atoms with van der Waals surface area (Å²) in [6.07, 6.45) is 2.47. The summed E-state index contributed by atoms with van der Waals surface area (Å²) in [5, 5.41) is 6.23. The summed E-state index contributed by atoms with van der Waals surface area (Å²) in [4.78, 5) is 18.9. The number of hydrogen-bond donors (Lipinski definition) is 2. The Kier molecular flexibility index (Phi) is 7.63. The fraction of sp³-hybridized carbons (Fsp3) is 0.429. The zero-order valence-corrected chi connectivity index (χ0v) is 16.3.